The van der Waals surface area contributed by atoms with E-state index in [1.165, 1.54) is 18.2 Å². The number of nitrogens with zero attached hydrogens (tertiary/aromatic N) is 1. The van der Waals surface area contributed by atoms with E-state index in [9.17, 15) is 24.8 Å². The molecular weight excluding hydrogens is 532 g/mol. The van der Waals surface area contributed by atoms with Crippen LogP contribution in [0.25, 0.3) is 0 Å². The fraction of sp³-hybridized carbons (Fsp3) is 0. The van der Waals surface area contributed by atoms with Crippen LogP contribution in [0.5, 0.6) is 5.75 Å². The summed E-state index contributed by atoms with van der Waals surface area (Å²) in [5, 5.41) is 28.7. The van der Waals surface area contributed by atoms with Crippen molar-refractivity contribution in [3.8, 4) is 5.75 Å². The Kier molecular flexibility index (Phi) is 9.58. The third-order valence-corrected chi connectivity index (χ3v) is 5.20. The number of phenolic OH excluding ortho intramolecular Hbond substituents is 1. The van der Waals surface area contributed by atoms with E-state index in [2.05, 4.69) is 16.0 Å². The first-order chi connectivity index (χ1) is 16.0. The van der Waals surface area contributed by atoms with Gasteiger partial charge < -0.3 is 26.8 Å². The Morgan fingerprint density at radius 3 is 2.09 bits per heavy atom. The van der Waals surface area contributed by atoms with Crippen molar-refractivity contribution in [3.05, 3.63) is 84.8 Å². The number of aromatic hydroxyl groups is 1. The Labute approximate surface area is 212 Å². The molecular formula is C20H15Cl4N5O5. The molecule has 3 aromatic carbocycles. The van der Waals surface area contributed by atoms with Gasteiger partial charge in [-0.15, -0.1) is 0 Å². The molecule has 6 N–H and O–H groups in total. The van der Waals surface area contributed by atoms with Gasteiger partial charge in [0.15, 0.2) is 0 Å². The summed E-state index contributed by atoms with van der Waals surface area (Å²) in [5.74, 6) is -0.424. The van der Waals surface area contributed by atoms with Gasteiger partial charge in [0.2, 0.25) is 0 Å². The minimum atomic E-state index is -0.673. The molecule has 0 bridgehead atoms. The Morgan fingerprint density at radius 1 is 0.853 bits per heavy atom. The van der Waals surface area contributed by atoms with Crippen molar-refractivity contribution in [2.75, 3.05) is 16.0 Å². The van der Waals surface area contributed by atoms with E-state index < -0.39 is 22.7 Å². The zero-order valence-corrected chi connectivity index (χ0v) is 19.8. The number of benzene rings is 3. The molecule has 0 saturated carbocycles. The second kappa shape index (κ2) is 12.1. The number of nitro groups is 1. The SMILES string of the molecule is NC(=O)Nc1cccc(Cl)c1Cl.O=C(Nc1ccc([N+](=O)[O-])cc1O)Nc1ccc(Cl)cc1Cl. The molecule has 3 aromatic rings. The number of rotatable bonds is 4. The molecule has 0 fully saturated rings. The number of hydrogen-bond acceptors (Lipinski definition) is 5. The van der Waals surface area contributed by atoms with Crippen molar-refractivity contribution in [3.63, 3.8) is 0 Å². The molecule has 14 heteroatoms. The molecule has 4 amide bonds. The number of non-ortho nitro benzene ring substituents is 1. The zero-order valence-electron chi connectivity index (χ0n) is 16.8. The lowest BCUT2D eigenvalue weighted by atomic mass is 10.2. The van der Waals surface area contributed by atoms with E-state index in [0.717, 1.165) is 12.1 Å². The number of nitro benzene ring substituents is 1. The second-order valence-electron chi connectivity index (χ2n) is 6.25. The number of carbonyl (C=O) groups excluding carboxylic acids is 2. The van der Waals surface area contributed by atoms with Crippen LogP contribution in [0.3, 0.4) is 0 Å². The van der Waals surface area contributed by atoms with Crippen LogP contribution in [0.4, 0.5) is 32.3 Å². The van der Waals surface area contributed by atoms with Gasteiger partial charge in [-0.1, -0.05) is 52.5 Å². The summed E-state index contributed by atoms with van der Waals surface area (Å²) in [4.78, 5) is 32.2. The molecule has 0 heterocycles. The number of phenols is 1. The normalized spacial score (nSPS) is 9.88. The fourth-order valence-corrected chi connectivity index (χ4v) is 3.14. The van der Waals surface area contributed by atoms with Crippen molar-refractivity contribution < 1.29 is 19.6 Å². The van der Waals surface area contributed by atoms with E-state index in [4.69, 9.17) is 52.1 Å². The van der Waals surface area contributed by atoms with Crippen LogP contribution in [0.2, 0.25) is 20.1 Å². The Morgan fingerprint density at radius 2 is 1.50 bits per heavy atom. The number of amides is 4. The Balaban J connectivity index is 0.000000287. The van der Waals surface area contributed by atoms with Crippen LogP contribution in [-0.2, 0) is 0 Å². The van der Waals surface area contributed by atoms with Crippen molar-refractivity contribution in [1.29, 1.82) is 0 Å². The maximum absolute atomic E-state index is 11.8. The first-order valence-electron chi connectivity index (χ1n) is 8.99. The van der Waals surface area contributed by atoms with Crippen molar-refractivity contribution >= 4 is 81.2 Å². The maximum atomic E-state index is 11.8. The largest absolute Gasteiger partial charge is 0.506 e. The van der Waals surface area contributed by atoms with Crippen LogP contribution in [0, 0.1) is 10.1 Å². The standard InChI is InChI=1S/C13H9Cl2N3O4.C7H6Cl2N2O/c14-7-1-3-10(9(15)5-7)16-13(20)17-11-4-2-8(18(21)22)6-12(11)19;8-4-2-1-3-5(6(4)9)11-7(10)12/h1-6,19H,(H2,16,17,20);1-3H,(H3,10,11,12). The van der Waals surface area contributed by atoms with Crippen molar-refractivity contribution in [2.24, 2.45) is 5.73 Å². The molecule has 0 unspecified atom stereocenters. The average Bonchev–Trinajstić information content (AvgIpc) is 2.75. The monoisotopic (exact) mass is 545 g/mol. The van der Waals surface area contributed by atoms with E-state index >= 15 is 0 Å². The number of nitrogens with two attached hydrogens (primary N) is 1. The molecule has 0 aromatic heterocycles. The number of nitrogens with one attached hydrogen (secondary N) is 3. The number of primary amides is 1. The Bertz CT molecular complexity index is 1240. The molecule has 0 saturated heterocycles. The summed E-state index contributed by atoms with van der Waals surface area (Å²) in [5.41, 5.74) is 5.36. The summed E-state index contributed by atoms with van der Waals surface area (Å²) in [6, 6.07) is 11.4. The maximum Gasteiger partial charge on any atom is 0.323 e. The van der Waals surface area contributed by atoms with Crippen molar-refractivity contribution in [1.82, 2.24) is 0 Å². The average molecular weight is 547 g/mol. The molecule has 34 heavy (non-hydrogen) atoms. The van der Waals surface area contributed by atoms with Crippen LogP contribution >= 0.6 is 46.4 Å². The molecule has 10 nitrogen and oxygen atoms in total. The summed E-state index contributed by atoms with van der Waals surface area (Å²) in [6.07, 6.45) is 0. The highest BCUT2D eigenvalue weighted by atomic mass is 35.5. The van der Waals surface area contributed by atoms with Crippen molar-refractivity contribution in [2.45, 2.75) is 0 Å². The highest BCUT2D eigenvalue weighted by Crippen LogP contribution is 2.30. The van der Waals surface area contributed by atoms with Crippen LogP contribution < -0.4 is 21.7 Å². The smallest absolute Gasteiger partial charge is 0.323 e. The van der Waals surface area contributed by atoms with Gasteiger partial charge in [-0.25, -0.2) is 9.59 Å². The van der Waals surface area contributed by atoms with Crippen LogP contribution in [0.1, 0.15) is 0 Å². The van der Waals surface area contributed by atoms with E-state index in [1.54, 1.807) is 24.3 Å². The molecule has 3 rings (SSSR count). The molecule has 178 valence electrons. The summed E-state index contributed by atoms with van der Waals surface area (Å²) < 4.78 is 0. The number of carbonyl (C=O) groups is 2. The molecule has 0 radical (unpaired) electrons. The van der Waals surface area contributed by atoms with Gasteiger partial charge in [0.1, 0.15) is 5.75 Å². The number of urea groups is 2. The van der Waals surface area contributed by atoms with Gasteiger partial charge in [0.25, 0.3) is 5.69 Å². The van der Waals surface area contributed by atoms with E-state index in [-0.39, 0.29) is 21.4 Å². The lowest BCUT2D eigenvalue weighted by molar-refractivity contribution is -0.384. The van der Waals surface area contributed by atoms with Gasteiger partial charge in [-0.05, 0) is 36.4 Å². The highest BCUT2D eigenvalue weighted by molar-refractivity contribution is 6.44. The molecule has 0 aliphatic heterocycles. The predicted octanol–water partition coefficient (Wildman–Crippen LogP) is 6.74. The number of anilines is 3. The number of halogens is 4. The first kappa shape index (κ1) is 26.8. The minimum absolute atomic E-state index is 0.0215. The topological polar surface area (TPSA) is 160 Å². The third kappa shape index (κ3) is 7.85. The van der Waals surface area contributed by atoms with Gasteiger partial charge in [-0.2, -0.15) is 0 Å². The molecule has 0 aliphatic rings. The van der Waals surface area contributed by atoms with E-state index in [1.807, 2.05) is 0 Å². The van der Waals surface area contributed by atoms with Gasteiger partial charge in [0.05, 0.1) is 43.1 Å². The van der Waals surface area contributed by atoms with Gasteiger partial charge in [0, 0.05) is 11.1 Å². The first-order valence-corrected chi connectivity index (χ1v) is 10.5. The quantitative estimate of drug-likeness (QED) is 0.139. The Hall–Kier alpha value is -3.44. The lowest BCUT2D eigenvalue weighted by Crippen LogP contribution is -2.19. The number of hydrogen-bond donors (Lipinski definition) is 5. The minimum Gasteiger partial charge on any atom is -0.506 e. The molecule has 0 aliphatic carbocycles. The molecule has 0 atom stereocenters. The zero-order chi connectivity index (χ0) is 25.4. The van der Waals surface area contributed by atoms with Crippen LogP contribution in [-0.4, -0.2) is 22.1 Å². The summed E-state index contributed by atoms with van der Waals surface area (Å²) in [7, 11) is 0. The highest BCUT2D eigenvalue weighted by Gasteiger charge is 2.13. The second-order valence-corrected chi connectivity index (χ2v) is 7.88. The lowest BCUT2D eigenvalue weighted by Gasteiger charge is -2.10. The van der Waals surface area contributed by atoms with Crippen LogP contribution in [0.15, 0.2) is 54.6 Å². The summed E-state index contributed by atoms with van der Waals surface area (Å²) >= 11 is 23.1. The van der Waals surface area contributed by atoms with Gasteiger partial charge in [-0.3, -0.25) is 10.1 Å². The molecule has 0 spiro atoms. The third-order valence-electron chi connectivity index (χ3n) is 3.83. The van der Waals surface area contributed by atoms with E-state index in [0.29, 0.717) is 21.4 Å². The summed E-state index contributed by atoms with van der Waals surface area (Å²) in [6.45, 7) is 0. The van der Waals surface area contributed by atoms with Gasteiger partial charge >= 0.3 is 12.1 Å². The fourth-order valence-electron chi connectivity index (χ4n) is 2.34. The predicted molar refractivity (Wildman–Crippen MR) is 134 cm³/mol.